The summed E-state index contributed by atoms with van der Waals surface area (Å²) in [6, 6.07) is 8.51. The van der Waals surface area contributed by atoms with E-state index in [0.29, 0.717) is 6.54 Å². The molecular weight excluding hydrogens is 258 g/mol. The highest BCUT2D eigenvalue weighted by Crippen LogP contribution is 2.25. The zero-order valence-electron chi connectivity index (χ0n) is 13.7. The number of hydrogen-bond acceptors (Lipinski definition) is 3. The minimum absolute atomic E-state index is 0.157. The number of nitrogens with two attached hydrogens (primary N) is 1. The van der Waals surface area contributed by atoms with Crippen molar-refractivity contribution in [3.05, 3.63) is 46.8 Å². The van der Waals surface area contributed by atoms with Gasteiger partial charge in [-0.3, -0.25) is 0 Å². The van der Waals surface area contributed by atoms with Crippen LogP contribution >= 0.6 is 0 Å². The molecule has 0 bridgehead atoms. The third-order valence-corrected chi connectivity index (χ3v) is 3.86. The van der Waals surface area contributed by atoms with E-state index in [1.165, 1.54) is 11.1 Å². The monoisotopic (exact) mass is 283 g/mol. The van der Waals surface area contributed by atoms with Gasteiger partial charge in [0.25, 0.3) is 0 Å². The molecule has 0 aliphatic rings. The van der Waals surface area contributed by atoms with E-state index in [2.05, 4.69) is 61.9 Å². The molecule has 3 heteroatoms. The fourth-order valence-electron chi connectivity index (χ4n) is 2.53. The van der Waals surface area contributed by atoms with Gasteiger partial charge in [-0.05, 0) is 29.9 Å². The first-order valence-electron chi connectivity index (χ1n) is 7.54. The molecule has 2 rings (SSSR count). The quantitative estimate of drug-likeness (QED) is 0.933. The van der Waals surface area contributed by atoms with Crippen LogP contribution in [0.25, 0.3) is 11.4 Å². The fourth-order valence-corrected chi connectivity index (χ4v) is 2.53. The Bertz CT molecular complexity index is 622. The number of rotatable bonds is 3. The SMILES string of the molecule is CCc1c(C)nc(-c2ccc(C(C)(C)C)cc2)nc1CN. The van der Waals surface area contributed by atoms with Crippen molar-refractivity contribution in [3.63, 3.8) is 0 Å². The number of aryl methyl sites for hydroxylation is 1. The van der Waals surface area contributed by atoms with Gasteiger partial charge < -0.3 is 5.73 Å². The lowest BCUT2D eigenvalue weighted by molar-refractivity contribution is 0.590. The predicted molar refractivity (Wildman–Crippen MR) is 88.2 cm³/mol. The molecule has 21 heavy (non-hydrogen) atoms. The third kappa shape index (κ3) is 3.30. The number of aromatic nitrogens is 2. The summed E-state index contributed by atoms with van der Waals surface area (Å²) >= 11 is 0. The Morgan fingerprint density at radius 2 is 1.67 bits per heavy atom. The molecule has 1 aromatic heterocycles. The summed E-state index contributed by atoms with van der Waals surface area (Å²) in [5, 5.41) is 0. The molecule has 0 atom stereocenters. The molecule has 0 fully saturated rings. The van der Waals surface area contributed by atoms with Gasteiger partial charge in [0.15, 0.2) is 5.82 Å². The van der Waals surface area contributed by atoms with Gasteiger partial charge in [-0.15, -0.1) is 0 Å². The number of benzene rings is 1. The summed E-state index contributed by atoms with van der Waals surface area (Å²) in [4.78, 5) is 9.30. The largest absolute Gasteiger partial charge is 0.325 e. The summed E-state index contributed by atoms with van der Waals surface area (Å²) in [6.45, 7) is 11.2. The zero-order chi connectivity index (χ0) is 15.6. The van der Waals surface area contributed by atoms with Crippen molar-refractivity contribution in [1.82, 2.24) is 9.97 Å². The first-order valence-corrected chi connectivity index (χ1v) is 7.54. The van der Waals surface area contributed by atoms with Gasteiger partial charge in [-0.2, -0.15) is 0 Å². The van der Waals surface area contributed by atoms with Crippen LogP contribution in [0.3, 0.4) is 0 Å². The van der Waals surface area contributed by atoms with Gasteiger partial charge in [0.2, 0.25) is 0 Å². The highest BCUT2D eigenvalue weighted by molar-refractivity contribution is 5.56. The zero-order valence-corrected chi connectivity index (χ0v) is 13.7. The number of nitrogens with zero attached hydrogens (tertiary/aromatic N) is 2. The molecule has 0 aliphatic carbocycles. The van der Waals surface area contributed by atoms with Gasteiger partial charge in [0, 0.05) is 17.8 Å². The van der Waals surface area contributed by atoms with E-state index in [9.17, 15) is 0 Å². The van der Waals surface area contributed by atoms with Crippen LogP contribution in [0, 0.1) is 6.92 Å². The van der Waals surface area contributed by atoms with Gasteiger partial charge in [0.1, 0.15) is 0 Å². The smallest absolute Gasteiger partial charge is 0.159 e. The van der Waals surface area contributed by atoms with E-state index in [1.54, 1.807) is 0 Å². The van der Waals surface area contributed by atoms with Crippen molar-refractivity contribution >= 4 is 0 Å². The molecular formula is C18H25N3. The molecule has 1 aromatic carbocycles. The molecule has 0 radical (unpaired) electrons. The van der Waals surface area contributed by atoms with Crippen molar-refractivity contribution in [1.29, 1.82) is 0 Å². The van der Waals surface area contributed by atoms with Crippen LogP contribution in [-0.4, -0.2) is 9.97 Å². The second kappa shape index (κ2) is 5.94. The van der Waals surface area contributed by atoms with Crippen molar-refractivity contribution in [2.75, 3.05) is 0 Å². The maximum atomic E-state index is 5.83. The normalized spacial score (nSPS) is 11.7. The first kappa shape index (κ1) is 15.6. The average Bonchev–Trinajstić information content (AvgIpc) is 2.45. The highest BCUT2D eigenvalue weighted by atomic mass is 14.9. The van der Waals surface area contributed by atoms with Crippen molar-refractivity contribution in [2.45, 2.75) is 53.0 Å². The molecule has 0 saturated carbocycles. The minimum atomic E-state index is 0.157. The Balaban J connectivity index is 2.45. The molecule has 0 amide bonds. The lowest BCUT2D eigenvalue weighted by atomic mass is 9.86. The average molecular weight is 283 g/mol. The maximum absolute atomic E-state index is 5.83. The lowest BCUT2D eigenvalue weighted by Crippen LogP contribution is -2.11. The predicted octanol–water partition coefficient (Wildman–Crippen LogP) is 3.77. The summed E-state index contributed by atoms with van der Waals surface area (Å²) < 4.78 is 0. The Morgan fingerprint density at radius 1 is 1.05 bits per heavy atom. The third-order valence-electron chi connectivity index (χ3n) is 3.86. The van der Waals surface area contributed by atoms with Gasteiger partial charge in [0.05, 0.1) is 5.69 Å². The lowest BCUT2D eigenvalue weighted by Gasteiger charge is -2.19. The maximum Gasteiger partial charge on any atom is 0.159 e. The summed E-state index contributed by atoms with van der Waals surface area (Å²) in [6.07, 6.45) is 0.918. The van der Waals surface area contributed by atoms with Crippen LogP contribution in [-0.2, 0) is 18.4 Å². The molecule has 3 nitrogen and oxygen atoms in total. The molecule has 0 spiro atoms. The van der Waals surface area contributed by atoms with Crippen LogP contribution in [0.1, 0.15) is 50.2 Å². The molecule has 112 valence electrons. The van der Waals surface area contributed by atoms with Crippen LogP contribution in [0.15, 0.2) is 24.3 Å². The van der Waals surface area contributed by atoms with Crippen molar-refractivity contribution in [2.24, 2.45) is 5.73 Å². The summed E-state index contributed by atoms with van der Waals surface area (Å²) in [7, 11) is 0. The van der Waals surface area contributed by atoms with Crippen LogP contribution in [0.5, 0.6) is 0 Å². The highest BCUT2D eigenvalue weighted by Gasteiger charge is 2.14. The molecule has 0 saturated heterocycles. The van der Waals surface area contributed by atoms with E-state index >= 15 is 0 Å². The van der Waals surface area contributed by atoms with Crippen LogP contribution < -0.4 is 5.73 Å². The second-order valence-electron chi connectivity index (χ2n) is 6.44. The molecule has 2 aromatic rings. The molecule has 0 unspecified atom stereocenters. The first-order chi connectivity index (χ1) is 9.86. The summed E-state index contributed by atoms with van der Waals surface area (Å²) in [5.41, 5.74) is 11.5. The van der Waals surface area contributed by atoms with E-state index < -0.39 is 0 Å². The fraction of sp³-hybridized carbons (Fsp3) is 0.444. The van der Waals surface area contributed by atoms with Crippen molar-refractivity contribution in [3.8, 4) is 11.4 Å². The van der Waals surface area contributed by atoms with Crippen LogP contribution in [0.2, 0.25) is 0 Å². The van der Waals surface area contributed by atoms with E-state index in [4.69, 9.17) is 5.73 Å². The number of hydrogen-bond donors (Lipinski definition) is 1. The molecule has 2 N–H and O–H groups in total. The van der Waals surface area contributed by atoms with Gasteiger partial charge in [-0.1, -0.05) is 52.0 Å². The Morgan fingerprint density at radius 3 is 2.14 bits per heavy atom. The minimum Gasteiger partial charge on any atom is -0.325 e. The van der Waals surface area contributed by atoms with Crippen molar-refractivity contribution < 1.29 is 0 Å². The Labute approximate surface area is 127 Å². The van der Waals surface area contributed by atoms with Gasteiger partial charge >= 0.3 is 0 Å². The Kier molecular flexibility index (Phi) is 4.43. The molecule has 1 heterocycles. The van der Waals surface area contributed by atoms with Gasteiger partial charge in [-0.25, -0.2) is 9.97 Å². The standard InChI is InChI=1S/C18H25N3/c1-6-15-12(2)20-17(21-16(15)11-19)13-7-9-14(10-8-13)18(3,4)5/h7-10H,6,11,19H2,1-5H3. The topological polar surface area (TPSA) is 51.8 Å². The van der Waals surface area contributed by atoms with E-state index in [1.807, 2.05) is 6.92 Å². The van der Waals surface area contributed by atoms with Crippen LogP contribution in [0.4, 0.5) is 0 Å². The van der Waals surface area contributed by atoms with E-state index in [0.717, 1.165) is 29.2 Å². The second-order valence-corrected chi connectivity index (χ2v) is 6.44. The van der Waals surface area contributed by atoms with E-state index in [-0.39, 0.29) is 5.41 Å². The summed E-state index contributed by atoms with van der Waals surface area (Å²) in [5.74, 6) is 0.769. The molecule has 0 aliphatic heterocycles. The Hall–Kier alpha value is -1.74.